The summed E-state index contributed by atoms with van der Waals surface area (Å²) >= 11 is 0. The van der Waals surface area contributed by atoms with E-state index in [1.807, 2.05) is 6.92 Å². The van der Waals surface area contributed by atoms with Crippen LogP contribution in [0.1, 0.15) is 40.0 Å². The lowest BCUT2D eigenvalue weighted by molar-refractivity contribution is 0.152. The van der Waals surface area contributed by atoms with Gasteiger partial charge in [0.2, 0.25) is 0 Å². The molecule has 1 rings (SSSR count). The van der Waals surface area contributed by atoms with Gasteiger partial charge in [-0.2, -0.15) is 0 Å². The van der Waals surface area contributed by atoms with E-state index in [2.05, 4.69) is 34.4 Å². The molecule has 6 heteroatoms. The Hall–Kier alpha value is -0.0800. The van der Waals surface area contributed by atoms with Crippen LogP contribution >= 0.6 is 24.0 Å². The van der Waals surface area contributed by atoms with E-state index in [0.717, 1.165) is 44.7 Å². The highest BCUT2D eigenvalue weighted by Crippen LogP contribution is 2.19. The molecule has 1 fully saturated rings. The molecular formula is C16H35IN4O. The monoisotopic (exact) mass is 426 g/mol. The molecule has 1 saturated heterocycles. The number of hydrogen-bond donors (Lipinski definition) is 2. The smallest absolute Gasteiger partial charge is 0.191 e. The van der Waals surface area contributed by atoms with Crippen LogP contribution in [-0.2, 0) is 4.74 Å². The van der Waals surface area contributed by atoms with Crippen molar-refractivity contribution in [1.82, 2.24) is 15.5 Å². The maximum absolute atomic E-state index is 5.33. The van der Waals surface area contributed by atoms with Crippen molar-refractivity contribution in [2.45, 2.75) is 40.0 Å². The summed E-state index contributed by atoms with van der Waals surface area (Å²) in [5.74, 6) is 1.77. The first-order valence-electron chi connectivity index (χ1n) is 8.62. The Morgan fingerprint density at radius 2 is 1.91 bits per heavy atom. The van der Waals surface area contributed by atoms with Gasteiger partial charge in [-0.3, -0.25) is 4.99 Å². The van der Waals surface area contributed by atoms with Gasteiger partial charge in [0.1, 0.15) is 0 Å². The first-order valence-corrected chi connectivity index (χ1v) is 8.62. The molecule has 1 aliphatic heterocycles. The van der Waals surface area contributed by atoms with E-state index in [-0.39, 0.29) is 24.0 Å². The summed E-state index contributed by atoms with van der Waals surface area (Å²) < 4.78 is 5.33. The fourth-order valence-electron chi connectivity index (χ4n) is 2.68. The van der Waals surface area contributed by atoms with Crippen LogP contribution in [0.5, 0.6) is 0 Å². The lowest BCUT2D eigenvalue weighted by atomic mass is 9.94. The lowest BCUT2D eigenvalue weighted by Crippen LogP contribution is -2.39. The predicted octanol–water partition coefficient (Wildman–Crippen LogP) is 2.32. The third-order valence-corrected chi connectivity index (χ3v) is 4.05. The molecule has 0 aromatic heterocycles. The normalized spacial score (nSPS) is 17.1. The minimum absolute atomic E-state index is 0. The molecule has 0 amide bonds. The summed E-state index contributed by atoms with van der Waals surface area (Å²) in [6.45, 7) is 14.2. The summed E-state index contributed by atoms with van der Waals surface area (Å²) in [5, 5.41) is 6.60. The van der Waals surface area contributed by atoms with Gasteiger partial charge in [-0.05, 0) is 58.7 Å². The second-order valence-corrected chi connectivity index (χ2v) is 5.55. The minimum Gasteiger partial charge on any atom is -0.380 e. The molecule has 0 unspecified atom stereocenters. The summed E-state index contributed by atoms with van der Waals surface area (Å²) in [7, 11) is 0. The average Bonchev–Trinajstić information content (AvgIpc) is 2.52. The number of halogens is 1. The quantitative estimate of drug-likeness (QED) is 0.257. The minimum atomic E-state index is 0. The van der Waals surface area contributed by atoms with Crippen LogP contribution in [0.25, 0.3) is 0 Å². The van der Waals surface area contributed by atoms with Gasteiger partial charge >= 0.3 is 0 Å². The number of aliphatic imine (C=N–C) groups is 1. The average molecular weight is 426 g/mol. The first kappa shape index (κ1) is 21.9. The molecule has 1 aliphatic rings. The van der Waals surface area contributed by atoms with E-state index in [1.165, 1.54) is 38.9 Å². The predicted molar refractivity (Wildman–Crippen MR) is 105 cm³/mol. The molecule has 0 saturated carbocycles. The van der Waals surface area contributed by atoms with E-state index < -0.39 is 0 Å². The first-order chi connectivity index (χ1) is 10.3. The highest BCUT2D eigenvalue weighted by atomic mass is 127. The summed E-state index contributed by atoms with van der Waals surface area (Å²) in [5.41, 5.74) is 0. The number of likely N-dealkylation sites (tertiary alicyclic amines) is 1. The zero-order valence-corrected chi connectivity index (χ0v) is 16.9. The molecule has 5 nitrogen and oxygen atoms in total. The Bertz CT molecular complexity index is 281. The Balaban J connectivity index is 0.00000441. The molecule has 1 heterocycles. The maximum Gasteiger partial charge on any atom is 0.191 e. The highest BCUT2D eigenvalue weighted by molar-refractivity contribution is 14.0. The van der Waals surface area contributed by atoms with Gasteiger partial charge in [0.05, 0.1) is 6.61 Å². The van der Waals surface area contributed by atoms with Crippen molar-refractivity contribution in [3.05, 3.63) is 0 Å². The second-order valence-electron chi connectivity index (χ2n) is 5.55. The topological polar surface area (TPSA) is 48.9 Å². The molecule has 0 aromatic rings. The number of nitrogens with zero attached hydrogens (tertiary/aromatic N) is 2. The van der Waals surface area contributed by atoms with Crippen LogP contribution in [0, 0.1) is 5.92 Å². The zero-order chi connectivity index (χ0) is 15.3. The van der Waals surface area contributed by atoms with Gasteiger partial charge in [0.25, 0.3) is 0 Å². The summed E-state index contributed by atoms with van der Waals surface area (Å²) in [4.78, 5) is 7.21. The number of piperidine rings is 1. The molecule has 0 atom stereocenters. The molecule has 0 aliphatic carbocycles. The number of ether oxygens (including phenoxy) is 1. The van der Waals surface area contributed by atoms with E-state index in [4.69, 9.17) is 4.74 Å². The van der Waals surface area contributed by atoms with Crippen molar-refractivity contribution in [1.29, 1.82) is 0 Å². The Morgan fingerprint density at radius 3 is 2.50 bits per heavy atom. The molecule has 22 heavy (non-hydrogen) atoms. The molecule has 0 bridgehead atoms. The van der Waals surface area contributed by atoms with Crippen molar-refractivity contribution in [3.63, 3.8) is 0 Å². The van der Waals surface area contributed by atoms with Crippen molar-refractivity contribution in [2.24, 2.45) is 10.9 Å². The van der Waals surface area contributed by atoms with Crippen molar-refractivity contribution < 1.29 is 4.74 Å². The van der Waals surface area contributed by atoms with Gasteiger partial charge < -0.3 is 20.3 Å². The van der Waals surface area contributed by atoms with Gasteiger partial charge in [-0.25, -0.2) is 0 Å². The van der Waals surface area contributed by atoms with Crippen LogP contribution in [0.4, 0.5) is 0 Å². The SMILES string of the molecule is CCNC(=NCCC1CCN(CC)CC1)NCCOCC.I. The number of nitrogens with one attached hydrogen (secondary N) is 2. The zero-order valence-electron chi connectivity index (χ0n) is 14.6. The van der Waals surface area contributed by atoms with Crippen LogP contribution < -0.4 is 10.6 Å². The lowest BCUT2D eigenvalue weighted by Gasteiger charge is -2.30. The molecule has 0 radical (unpaired) electrons. The molecule has 132 valence electrons. The van der Waals surface area contributed by atoms with Crippen LogP contribution in [0.15, 0.2) is 4.99 Å². The van der Waals surface area contributed by atoms with Gasteiger partial charge in [0, 0.05) is 26.2 Å². The van der Waals surface area contributed by atoms with E-state index >= 15 is 0 Å². The fourth-order valence-corrected chi connectivity index (χ4v) is 2.68. The third kappa shape index (κ3) is 9.84. The van der Waals surface area contributed by atoms with Crippen molar-refractivity contribution >= 4 is 29.9 Å². The fraction of sp³-hybridized carbons (Fsp3) is 0.938. The van der Waals surface area contributed by atoms with Crippen molar-refractivity contribution in [2.75, 3.05) is 52.5 Å². The number of rotatable bonds is 9. The molecule has 0 spiro atoms. The molecule has 0 aromatic carbocycles. The van der Waals surface area contributed by atoms with Crippen molar-refractivity contribution in [3.8, 4) is 0 Å². The van der Waals surface area contributed by atoms with Crippen LogP contribution in [-0.4, -0.2) is 63.3 Å². The maximum atomic E-state index is 5.33. The third-order valence-electron chi connectivity index (χ3n) is 4.05. The second kappa shape index (κ2) is 14.5. The highest BCUT2D eigenvalue weighted by Gasteiger charge is 2.17. The Kier molecular flexibility index (Phi) is 14.5. The van der Waals surface area contributed by atoms with E-state index in [1.54, 1.807) is 0 Å². The molecule has 2 N–H and O–H groups in total. The standard InChI is InChI=1S/C16H34N4O.HI/c1-4-17-16(19-11-14-21-6-3)18-10-7-15-8-12-20(5-2)13-9-15;/h15H,4-14H2,1-3H3,(H2,17,18,19);1H. The number of guanidine groups is 1. The number of hydrogen-bond acceptors (Lipinski definition) is 3. The summed E-state index contributed by atoms with van der Waals surface area (Å²) in [6.07, 6.45) is 3.87. The van der Waals surface area contributed by atoms with Gasteiger partial charge in [0.15, 0.2) is 5.96 Å². The van der Waals surface area contributed by atoms with Crippen LogP contribution in [0.2, 0.25) is 0 Å². The van der Waals surface area contributed by atoms with E-state index in [0.29, 0.717) is 0 Å². The van der Waals surface area contributed by atoms with Gasteiger partial charge in [-0.1, -0.05) is 6.92 Å². The van der Waals surface area contributed by atoms with Crippen LogP contribution in [0.3, 0.4) is 0 Å². The van der Waals surface area contributed by atoms with E-state index in [9.17, 15) is 0 Å². The summed E-state index contributed by atoms with van der Waals surface area (Å²) in [6, 6.07) is 0. The Labute approximate surface area is 153 Å². The largest absolute Gasteiger partial charge is 0.380 e. The van der Waals surface area contributed by atoms with Gasteiger partial charge in [-0.15, -0.1) is 24.0 Å². The Morgan fingerprint density at radius 1 is 1.18 bits per heavy atom. The molecular weight excluding hydrogens is 391 g/mol.